The molecular formula is C13H17FN2O2. The van der Waals surface area contributed by atoms with Crippen molar-refractivity contribution in [2.24, 2.45) is 0 Å². The van der Waals surface area contributed by atoms with Crippen molar-refractivity contribution < 1.29 is 14.0 Å². The van der Waals surface area contributed by atoms with Gasteiger partial charge in [0.05, 0.1) is 0 Å². The van der Waals surface area contributed by atoms with E-state index in [1.807, 2.05) is 0 Å². The highest BCUT2D eigenvalue weighted by molar-refractivity contribution is 6.39. The van der Waals surface area contributed by atoms with Crippen molar-refractivity contribution in [1.82, 2.24) is 5.32 Å². The van der Waals surface area contributed by atoms with E-state index in [0.29, 0.717) is 6.54 Å². The van der Waals surface area contributed by atoms with Gasteiger partial charge >= 0.3 is 11.8 Å². The Labute approximate surface area is 106 Å². The summed E-state index contributed by atoms with van der Waals surface area (Å²) in [6.07, 6.45) is 2.90. The largest absolute Gasteiger partial charge is 0.348 e. The van der Waals surface area contributed by atoms with Crippen molar-refractivity contribution in [2.45, 2.75) is 26.2 Å². The summed E-state index contributed by atoms with van der Waals surface area (Å²) in [7, 11) is 0. The van der Waals surface area contributed by atoms with Gasteiger partial charge in [-0.3, -0.25) is 9.59 Å². The smallest absolute Gasteiger partial charge is 0.313 e. The van der Waals surface area contributed by atoms with Gasteiger partial charge in [0.2, 0.25) is 0 Å². The quantitative estimate of drug-likeness (QED) is 0.622. The van der Waals surface area contributed by atoms with Crippen LogP contribution in [0.2, 0.25) is 0 Å². The number of anilines is 1. The molecule has 1 rings (SSSR count). The number of rotatable bonds is 5. The number of carbonyl (C=O) groups is 2. The number of unbranched alkanes of at least 4 members (excludes halogenated alkanes) is 2. The summed E-state index contributed by atoms with van der Waals surface area (Å²) >= 11 is 0. The van der Waals surface area contributed by atoms with Crippen LogP contribution in [0.3, 0.4) is 0 Å². The number of hydrogen-bond donors (Lipinski definition) is 2. The van der Waals surface area contributed by atoms with Gasteiger partial charge in [0.1, 0.15) is 5.82 Å². The van der Waals surface area contributed by atoms with E-state index in [0.717, 1.165) is 25.3 Å². The molecule has 1 aromatic carbocycles. The standard InChI is InChI=1S/C13H17FN2O2/c1-2-3-4-8-15-12(17)13(18)16-11-7-5-6-10(14)9-11/h5-7,9H,2-4,8H2,1H3,(H,15,17)(H,16,18). The van der Waals surface area contributed by atoms with Gasteiger partial charge in [0.25, 0.3) is 0 Å². The van der Waals surface area contributed by atoms with Gasteiger partial charge in [-0.15, -0.1) is 0 Å². The van der Waals surface area contributed by atoms with Crippen LogP contribution in [-0.2, 0) is 9.59 Å². The molecule has 0 aromatic heterocycles. The summed E-state index contributed by atoms with van der Waals surface area (Å²) < 4.78 is 12.9. The lowest BCUT2D eigenvalue weighted by Gasteiger charge is -2.06. The third-order valence-electron chi connectivity index (χ3n) is 2.35. The van der Waals surface area contributed by atoms with Crippen LogP contribution in [0.1, 0.15) is 26.2 Å². The zero-order valence-electron chi connectivity index (χ0n) is 10.3. The SMILES string of the molecule is CCCCCNC(=O)C(=O)Nc1cccc(F)c1. The second-order valence-corrected chi connectivity index (χ2v) is 3.93. The van der Waals surface area contributed by atoms with Gasteiger partial charge in [-0.2, -0.15) is 0 Å². The molecule has 98 valence electrons. The Morgan fingerprint density at radius 1 is 1.22 bits per heavy atom. The summed E-state index contributed by atoms with van der Waals surface area (Å²) in [6.45, 7) is 2.53. The maximum atomic E-state index is 12.9. The van der Waals surface area contributed by atoms with E-state index in [1.165, 1.54) is 18.2 Å². The van der Waals surface area contributed by atoms with E-state index < -0.39 is 17.6 Å². The molecule has 0 aliphatic carbocycles. The van der Waals surface area contributed by atoms with Gasteiger partial charge in [-0.1, -0.05) is 25.8 Å². The Morgan fingerprint density at radius 3 is 2.67 bits per heavy atom. The number of benzene rings is 1. The minimum absolute atomic E-state index is 0.267. The second-order valence-electron chi connectivity index (χ2n) is 3.93. The van der Waals surface area contributed by atoms with Crippen LogP contribution >= 0.6 is 0 Å². The zero-order valence-corrected chi connectivity index (χ0v) is 10.3. The van der Waals surface area contributed by atoms with Crippen LogP contribution in [0.5, 0.6) is 0 Å². The van der Waals surface area contributed by atoms with E-state index in [9.17, 15) is 14.0 Å². The Hall–Kier alpha value is -1.91. The van der Waals surface area contributed by atoms with Crippen molar-refractivity contribution >= 4 is 17.5 Å². The third kappa shape index (κ3) is 4.95. The number of hydrogen-bond acceptors (Lipinski definition) is 2. The van der Waals surface area contributed by atoms with Gasteiger partial charge in [0.15, 0.2) is 0 Å². The van der Waals surface area contributed by atoms with Gasteiger partial charge in [-0.25, -0.2) is 4.39 Å². The molecule has 0 saturated heterocycles. The molecule has 0 heterocycles. The molecule has 0 aliphatic rings. The zero-order chi connectivity index (χ0) is 13.4. The van der Waals surface area contributed by atoms with Crippen molar-refractivity contribution in [1.29, 1.82) is 0 Å². The van der Waals surface area contributed by atoms with Crippen LogP contribution in [0.4, 0.5) is 10.1 Å². The van der Waals surface area contributed by atoms with Crippen LogP contribution in [0.25, 0.3) is 0 Å². The molecule has 1 aromatic rings. The highest BCUT2D eigenvalue weighted by atomic mass is 19.1. The van der Waals surface area contributed by atoms with Gasteiger partial charge < -0.3 is 10.6 Å². The number of amides is 2. The van der Waals surface area contributed by atoms with E-state index in [1.54, 1.807) is 0 Å². The normalized spacial score (nSPS) is 9.89. The first kappa shape index (κ1) is 14.2. The highest BCUT2D eigenvalue weighted by Crippen LogP contribution is 2.08. The minimum atomic E-state index is -0.780. The molecule has 0 spiro atoms. The van der Waals surface area contributed by atoms with Crippen LogP contribution in [-0.4, -0.2) is 18.4 Å². The maximum Gasteiger partial charge on any atom is 0.313 e. The fourth-order valence-corrected chi connectivity index (χ4v) is 1.41. The topological polar surface area (TPSA) is 58.2 Å². The Bertz CT molecular complexity index is 421. The average Bonchev–Trinajstić information content (AvgIpc) is 2.34. The lowest BCUT2D eigenvalue weighted by Crippen LogP contribution is -2.35. The van der Waals surface area contributed by atoms with Crippen molar-refractivity contribution in [3.8, 4) is 0 Å². The lowest BCUT2D eigenvalue weighted by molar-refractivity contribution is -0.136. The Morgan fingerprint density at radius 2 is 2.00 bits per heavy atom. The molecule has 0 bridgehead atoms. The summed E-state index contributed by atoms with van der Waals surface area (Å²) in [5.41, 5.74) is 0.267. The number of carbonyl (C=O) groups excluding carboxylic acids is 2. The molecule has 2 amide bonds. The highest BCUT2D eigenvalue weighted by Gasteiger charge is 2.12. The molecule has 0 aliphatic heterocycles. The number of halogens is 1. The van der Waals surface area contributed by atoms with Crippen molar-refractivity contribution in [3.05, 3.63) is 30.1 Å². The van der Waals surface area contributed by atoms with E-state index in [-0.39, 0.29) is 5.69 Å². The monoisotopic (exact) mass is 252 g/mol. The van der Waals surface area contributed by atoms with Crippen LogP contribution < -0.4 is 10.6 Å². The fourth-order valence-electron chi connectivity index (χ4n) is 1.41. The number of nitrogens with one attached hydrogen (secondary N) is 2. The van der Waals surface area contributed by atoms with Crippen LogP contribution in [0.15, 0.2) is 24.3 Å². The summed E-state index contributed by atoms with van der Waals surface area (Å²) in [5.74, 6) is -1.94. The van der Waals surface area contributed by atoms with E-state index >= 15 is 0 Å². The molecule has 5 heteroatoms. The van der Waals surface area contributed by atoms with Crippen LogP contribution in [0, 0.1) is 5.82 Å². The first-order valence-corrected chi connectivity index (χ1v) is 5.98. The summed E-state index contributed by atoms with van der Waals surface area (Å²) in [6, 6.07) is 5.40. The molecule has 2 N–H and O–H groups in total. The molecule has 0 atom stereocenters. The Kier molecular flexibility index (Phi) is 5.84. The third-order valence-corrected chi connectivity index (χ3v) is 2.35. The molecule has 4 nitrogen and oxygen atoms in total. The molecule has 0 saturated carbocycles. The Balaban J connectivity index is 2.38. The second kappa shape index (κ2) is 7.42. The summed E-state index contributed by atoms with van der Waals surface area (Å²) in [5, 5.41) is 4.84. The lowest BCUT2D eigenvalue weighted by atomic mass is 10.2. The predicted octanol–water partition coefficient (Wildman–Crippen LogP) is 2.07. The predicted molar refractivity (Wildman–Crippen MR) is 67.6 cm³/mol. The van der Waals surface area contributed by atoms with Gasteiger partial charge in [0, 0.05) is 12.2 Å². The average molecular weight is 252 g/mol. The van der Waals surface area contributed by atoms with E-state index in [4.69, 9.17) is 0 Å². The van der Waals surface area contributed by atoms with Crippen molar-refractivity contribution in [3.63, 3.8) is 0 Å². The maximum absolute atomic E-state index is 12.9. The van der Waals surface area contributed by atoms with Gasteiger partial charge in [-0.05, 0) is 24.6 Å². The first-order chi connectivity index (χ1) is 8.63. The summed E-state index contributed by atoms with van der Waals surface area (Å²) in [4.78, 5) is 22.8. The molecule has 0 unspecified atom stereocenters. The molecular weight excluding hydrogens is 235 g/mol. The molecule has 0 radical (unpaired) electrons. The molecule has 18 heavy (non-hydrogen) atoms. The molecule has 0 fully saturated rings. The first-order valence-electron chi connectivity index (χ1n) is 5.98. The minimum Gasteiger partial charge on any atom is -0.348 e. The van der Waals surface area contributed by atoms with Crippen molar-refractivity contribution in [2.75, 3.05) is 11.9 Å². The fraction of sp³-hybridized carbons (Fsp3) is 0.385. The van der Waals surface area contributed by atoms with E-state index in [2.05, 4.69) is 17.6 Å².